The number of likely N-dealkylation sites (tertiary alicyclic amines) is 2. The summed E-state index contributed by atoms with van der Waals surface area (Å²) in [4.78, 5) is 22.9. The summed E-state index contributed by atoms with van der Waals surface area (Å²) < 4.78 is 0. The topological polar surface area (TPSA) is 62.5 Å². The van der Waals surface area contributed by atoms with Crippen LogP contribution in [0, 0.1) is 0 Å². The lowest BCUT2D eigenvalue weighted by Gasteiger charge is -2.45. The van der Waals surface area contributed by atoms with Gasteiger partial charge in [-0.15, -0.1) is 36.2 Å². The summed E-state index contributed by atoms with van der Waals surface area (Å²) in [5, 5.41) is 3.91. The number of amides is 1. The molecule has 1 atom stereocenters. The minimum Gasteiger partial charge on any atom is -0.375 e. The fourth-order valence-corrected chi connectivity index (χ4v) is 8.19. The van der Waals surface area contributed by atoms with Gasteiger partial charge in [0.15, 0.2) is 5.13 Å². The highest BCUT2D eigenvalue weighted by Gasteiger charge is 2.41. The number of thiazole rings is 1. The molecule has 4 aromatic rings. The monoisotopic (exact) mass is 704 g/mol. The summed E-state index contributed by atoms with van der Waals surface area (Å²) in [5.41, 5.74) is 10.2. The van der Waals surface area contributed by atoms with Crippen LogP contribution < -0.4 is 5.73 Å². The van der Waals surface area contributed by atoms with Gasteiger partial charge in [0.25, 0.3) is 5.91 Å². The Morgan fingerprint density at radius 2 is 1.56 bits per heavy atom. The zero-order valence-electron chi connectivity index (χ0n) is 25.2. The van der Waals surface area contributed by atoms with Gasteiger partial charge in [0.05, 0.1) is 15.7 Å². The molecule has 0 radical (unpaired) electrons. The number of hydrogen-bond acceptors (Lipinski definition) is 5. The first-order valence-corrected chi connectivity index (χ1v) is 16.8. The molecular formula is C35H40Cl4N4OS. The highest BCUT2D eigenvalue weighted by molar-refractivity contribution is 7.13. The summed E-state index contributed by atoms with van der Waals surface area (Å²) in [6.45, 7) is 4.47. The largest absolute Gasteiger partial charge is 0.375 e. The third kappa shape index (κ3) is 7.64. The van der Waals surface area contributed by atoms with E-state index in [2.05, 4.69) is 46.7 Å². The molecule has 2 aliphatic heterocycles. The van der Waals surface area contributed by atoms with Crippen LogP contribution in [0.15, 0.2) is 84.2 Å². The first-order valence-electron chi connectivity index (χ1n) is 15.2. The second kappa shape index (κ2) is 15.5. The van der Waals surface area contributed by atoms with Gasteiger partial charge in [0, 0.05) is 34.9 Å². The minimum atomic E-state index is -0.168. The van der Waals surface area contributed by atoms with E-state index in [4.69, 9.17) is 33.9 Å². The van der Waals surface area contributed by atoms with Crippen molar-refractivity contribution < 1.29 is 4.79 Å². The van der Waals surface area contributed by atoms with Crippen molar-refractivity contribution in [3.05, 3.63) is 117 Å². The molecule has 0 bridgehead atoms. The van der Waals surface area contributed by atoms with E-state index in [0.29, 0.717) is 21.7 Å². The van der Waals surface area contributed by atoms with Gasteiger partial charge in [0.2, 0.25) is 0 Å². The van der Waals surface area contributed by atoms with Crippen molar-refractivity contribution >= 4 is 70.4 Å². The molecule has 6 rings (SSSR count). The molecule has 1 unspecified atom stereocenters. The SMILES string of the molecule is Cl.Cl.Nc1nc(C2(c3ccccc3)CCN(CCCC3(c4ccc(Cl)c(Cl)c4)CCCN(C(=O)c4ccccc4)C3)CC2)cs1. The van der Waals surface area contributed by atoms with E-state index in [0.717, 1.165) is 76.0 Å². The molecule has 1 amide bonds. The van der Waals surface area contributed by atoms with Gasteiger partial charge in [0.1, 0.15) is 0 Å². The summed E-state index contributed by atoms with van der Waals surface area (Å²) in [5.74, 6) is 0.0979. The Morgan fingerprint density at radius 1 is 0.867 bits per heavy atom. The maximum atomic E-state index is 13.5. The molecule has 5 nitrogen and oxygen atoms in total. The molecule has 2 aliphatic rings. The number of halogens is 4. The van der Waals surface area contributed by atoms with Gasteiger partial charge in [-0.1, -0.05) is 77.8 Å². The molecule has 0 saturated carbocycles. The lowest BCUT2D eigenvalue weighted by molar-refractivity contribution is 0.0618. The van der Waals surface area contributed by atoms with Crippen LogP contribution in [0.5, 0.6) is 0 Å². The summed E-state index contributed by atoms with van der Waals surface area (Å²) >= 11 is 14.4. The van der Waals surface area contributed by atoms with Gasteiger partial charge in [-0.25, -0.2) is 4.98 Å². The second-order valence-electron chi connectivity index (χ2n) is 12.1. The summed E-state index contributed by atoms with van der Waals surface area (Å²) in [6, 6.07) is 26.4. The van der Waals surface area contributed by atoms with Crippen molar-refractivity contribution in [3.8, 4) is 0 Å². The highest BCUT2D eigenvalue weighted by Crippen LogP contribution is 2.44. The number of rotatable bonds is 8. The lowest BCUT2D eigenvalue weighted by atomic mass is 9.70. The van der Waals surface area contributed by atoms with E-state index < -0.39 is 0 Å². The van der Waals surface area contributed by atoms with Crippen LogP contribution in [0.25, 0.3) is 0 Å². The highest BCUT2D eigenvalue weighted by atomic mass is 35.5. The van der Waals surface area contributed by atoms with E-state index in [1.165, 1.54) is 22.5 Å². The molecule has 2 N–H and O–H groups in total. The van der Waals surface area contributed by atoms with E-state index in [9.17, 15) is 4.79 Å². The molecule has 0 spiro atoms. The van der Waals surface area contributed by atoms with Crippen LogP contribution in [0.2, 0.25) is 10.0 Å². The number of aromatic nitrogens is 1. The van der Waals surface area contributed by atoms with Crippen LogP contribution in [-0.4, -0.2) is 53.4 Å². The Kier molecular flexibility index (Phi) is 12.2. The third-order valence-corrected chi connectivity index (χ3v) is 11.0. The molecule has 1 aromatic heterocycles. The number of carbonyl (C=O) groups excluding carboxylic acids is 1. The zero-order valence-corrected chi connectivity index (χ0v) is 29.1. The third-order valence-electron chi connectivity index (χ3n) is 9.59. The second-order valence-corrected chi connectivity index (χ2v) is 13.8. The summed E-state index contributed by atoms with van der Waals surface area (Å²) in [7, 11) is 0. The Labute approximate surface area is 292 Å². The number of anilines is 1. The molecule has 0 aliphatic carbocycles. The van der Waals surface area contributed by atoms with Crippen LogP contribution >= 0.6 is 59.4 Å². The van der Waals surface area contributed by atoms with Crippen LogP contribution in [0.4, 0.5) is 5.13 Å². The standard InChI is InChI=1S/C35H38Cl2N4OS.2ClH/c36-29-14-13-28(23-30(29)37)34(16-8-20-41(25-34)32(42)26-9-3-1-4-10-26)15-7-19-40-21-17-35(18-22-40,27-11-5-2-6-12-27)31-24-43-33(38)39-31;;/h1-6,9-14,23-24H,7-8,15-22,25H2,(H2,38,39);2*1H. The fraction of sp³-hybridized carbons (Fsp3) is 0.371. The van der Waals surface area contributed by atoms with Crippen LogP contribution in [-0.2, 0) is 10.8 Å². The molecule has 3 heterocycles. The quantitative estimate of drug-likeness (QED) is 0.199. The molecule has 3 aromatic carbocycles. The van der Waals surface area contributed by atoms with Crippen molar-refractivity contribution in [2.75, 3.05) is 38.5 Å². The number of piperidine rings is 2. The van der Waals surface area contributed by atoms with Crippen molar-refractivity contribution in [1.29, 1.82) is 0 Å². The van der Waals surface area contributed by atoms with Crippen LogP contribution in [0.3, 0.4) is 0 Å². The van der Waals surface area contributed by atoms with Gasteiger partial charge in [-0.05, 0) is 93.6 Å². The molecule has 240 valence electrons. The average molecular weight is 707 g/mol. The predicted octanol–water partition coefficient (Wildman–Crippen LogP) is 8.91. The maximum Gasteiger partial charge on any atom is 0.253 e. The van der Waals surface area contributed by atoms with Crippen molar-refractivity contribution in [2.45, 2.75) is 49.4 Å². The normalized spacial score (nSPS) is 19.7. The smallest absolute Gasteiger partial charge is 0.253 e. The Balaban J connectivity index is 0.00000230. The molecule has 45 heavy (non-hydrogen) atoms. The fourth-order valence-electron chi connectivity index (χ4n) is 7.24. The first kappa shape index (κ1) is 35.5. The summed E-state index contributed by atoms with van der Waals surface area (Å²) in [6.07, 6.45) is 6.02. The van der Waals surface area contributed by atoms with Gasteiger partial charge >= 0.3 is 0 Å². The van der Waals surface area contributed by atoms with Crippen molar-refractivity contribution in [1.82, 2.24) is 14.8 Å². The van der Waals surface area contributed by atoms with Crippen LogP contribution in [0.1, 0.15) is 65.7 Å². The Hall–Kier alpha value is -2.32. The first-order chi connectivity index (χ1) is 20.9. The molecule has 2 saturated heterocycles. The molecular weight excluding hydrogens is 666 g/mol. The van der Waals surface area contributed by atoms with E-state index in [1.807, 2.05) is 47.4 Å². The van der Waals surface area contributed by atoms with Gasteiger partial charge in [-0.2, -0.15) is 0 Å². The zero-order chi connectivity index (χ0) is 29.9. The number of nitrogens with two attached hydrogens (primary N) is 1. The Morgan fingerprint density at radius 3 is 2.20 bits per heavy atom. The van der Waals surface area contributed by atoms with E-state index >= 15 is 0 Å². The minimum absolute atomic E-state index is 0. The number of nitrogen functional groups attached to an aromatic ring is 1. The van der Waals surface area contributed by atoms with E-state index in [-0.39, 0.29) is 41.6 Å². The van der Waals surface area contributed by atoms with E-state index in [1.54, 1.807) is 0 Å². The molecule has 2 fully saturated rings. The lowest BCUT2D eigenvalue weighted by Crippen LogP contribution is -2.49. The number of carbonyl (C=O) groups is 1. The van der Waals surface area contributed by atoms with Gasteiger partial charge in [-0.3, -0.25) is 4.79 Å². The van der Waals surface area contributed by atoms with Gasteiger partial charge < -0.3 is 15.5 Å². The predicted molar refractivity (Wildman–Crippen MR) is 193 cm³/mol. The van der Waals surface area contributed by atoms with Crippen molar-refractivity contribution in [2.24, 2.45) is 0 Å². The molecule has 10 heteroatoms. The number of benzene rings is 3. The Bertz CT molecular complexity index is 1550. The maximum absolute atomic E-state index is 13.5. The number of hydrogen-bond donors (Lipinski definition) is 1. The average Bonchev–Trinajstić information content (AvgIpc) is 3.50. The number of nitrogens with zero attached hydrogens (tertiary/aromatic N) is 3. The van der Waals surface area contributed by atoms with Crippen molar-refractivity contribution in [3.63, 3.8) is 0 Å².